The maximum atomic E-state index is 13.4. The molecule has 1 saturated heterocycles. The number of morpholine rings is 1. The second kappa shape index (κ2) is 9.34. The quantitative estimate of drug-likeness (QED) is 0.405. The van der Waals surface area contributed by atoms with Gasteiger partial charge in [0.1, 0.15) is 6.61 Å². The predicted molar refractivity (Wildman–Crippen MR) is 134 cm³/mol. The Hall–Kier alpha value is -4.09. The average Bonchev–Trinajstić information content (AvgIpc) is 3.23. The van der Waals surface area contributed by atoms with Crippen molar-refractivity contribution >= 4 is 11.7 Å². The van der Waals surface area contributed by atoms with Gasteiger partial charge in [-0.3, -0.25) is 4.90 Å². The minimum atomic E-state index is -4.52. The van der Waals surface area contributed by atoms with Crippen LogP contribution in [0.1, 0.15) is 40.2 Å². The van der Waals surface area contributed by atoms with Gasteiger partial charge in [-0.25, -0.2) is 4.79 Å². The second-order valence-corrected chi connectivity index (χ2v) is 9.74. The number of ether oxygens (including phenoxy) is 2. The number of nitrogens with zero attached hydrogens (tertiary/aromatic N) is 2. The highest BCUT2D eigenvalue weighted by Gasteiger charge is 2.41. The lowest BCUT2D eigenvalue weighted by molar-refractivity contribution is -0.137. The molecule has 0 saturated carbocycles. The van der Waals surface area contributed by atoms with E-state index in [0.29, 0.717) is 5.57 Å². The molecule has 1 fully saturated rings. The number of rotatable bonds is 3. The van der Waals surface area contributed by atoms with Crippen LogP contribution in [0, 0.1) is 11.3 Å². The minimum absolute atomic E-state index is 0.0818. The summed E-state index contributed by atoms with van der Waals surface area (Å²) in [6.45, 7) is 0.608. The van der Waals surface area contributed by atoms with Crippen molar-refractivity contribution in [3.05, 3.63) is 101 Å². The van der Waals surface area contributed by atoms with Crippen molar-refractivity contribution in [1.82, 2.24) is 4.90 Å². The van der Waals surface area contributed by atoms with Gasteiger partial charge >= 0.3 is 12.3 Å². The number of hydrogen-bond acceptors (Lipinski definition) is 4. The number of nitriles is 1. The zero-order chi connectivity index (χ0) is 26.4. The van der Waals surface area contributed by atoms with E-state index in [-0.39, 0.29) is 43.3 Å². The molecule has 2 atom stereocenters. The Morgan fingerprint density at radius 3 is 2.32 bits per heavy atom. The Morgan fingerprint density at radius 1 is 1.00 bits per heavy atom. The van der Waals surface area contributed by atoms with Crippen molar-refractivity contribution in [2.45, 2.75) is 30.6 Å². The fourth-order valence-corrected chi connectivity index (χ4v) is 5.83. The van der Waals surface area contributed by atoms with Gasteiger partial charge in [0.2, 0.25) is 0 Å². The first kappa shape index (κ1) is 24.3. The highest BCUT2D eigenvalue weighted by Crippen LogP contribution is 2.45. The zero-order valence-electron chi connectivity index (χ0n) is 20.2. The van der Waals surface area contributed by atoms with Crippen molar-refractivity contribution in [2.75, 3.05) is 19.8 Å². The number of benzene rings is 3. The second-order valence-electron chi connectivity index (χ2n) is 9.74. The third kappa shape index (κ3) is 4.13. The first-order valence-corrected chi connectivity index (χ1v) is 12.4. The fourth-order valence-electron chi connectivity index (χ4n) is 5.83. The van der Waals surface area contributed by atoms with Crippen LogP contribution in [0.25, 0.3) is 16.7 Å². The first-order valence-electron chi connectivity index (χ1n) is 12.4. The monoisotopic (exact) mass is 516 g/mol. The Kier molecular flexibility index (Phi) is 5.96. The van der Waals surface area contributed by atoms with Crippen LogP contribution in [0.2, 0.25) is 0 Å². The molecule has 1 aliphatic carbocycles. The van der Waals surface area contributed by atoms with Gasteiger partial charge in [0, 0.05) is 5.92 Å². The van der Waals surface area contributed by atoms with Crippen molar-refractivity contribution in [3.8, 4) is 17.2 Å². The molecule has 0 radical (unpaired) electrons. The highest BCUT2D eigenvalue weighted by atomic mass is 19.4. The van der Waals surface area contributed by atoms with E-state index in [1.165, 1.54) is 6.07 Å². The Morgan fingerprint density at radius 2 is 1.68 bits per heavy atom. The molecule has 8 heteroatoms. The largest absolute Gasteiger partial charge is 0.448 e. The van der Waals surface area contributed by atoms with Crippen molar-refractivity contribution in [1.29, 1.82) is 5.26 Å². The van der Waals surface area contributed by atoms with Crippen LogP contribution in [-0.4, -0.2) is 42.9 Å². The van der Waals surface area contributed by atoms with Gasteiger partial charge in [-0.15, -0.1) is 0 Å². The molecular weight excluding hydrogens is 493 g/mol. The van der Waals surface area contributed by atoms with Crippen LogP contribution in [0.3, 0.4) is 0 Å². The van der Waals surface area contributed by atoms with Gasteiger partial charge in [-0.2, -0.15) is 18.4 Å². The number of hydrogen-bond donors (Lipinski definition) is 0. The maximum absolute atomic E-state index is 13.4. The molecule has 0 aromatic heterocycles. The van der Waals surface area contributed by atoms with Gasteiger partial charge in [0.25, 0.3) is 0 Å². The third-order valence-corrected chi connectivity index (χ3v) is 7.56. The molecule has 2 bridgehead atoms. The van der Waals surface area contributed by atoms with Crippen molar-refractivity contribution in [2.24, 2.45) is 0 Å². The van der Waals surface area contributed by atoms with Gasteiger partial charge in [0.15, 0.2) is 0 Å². The van der Waals surface area contributed by atoms with Crippen LogP contribution in [0.4, 0.5) is 18.0 Å². The molecule has 192 valence electrons. The molecule has 3 aromatic carbocycles. The van der Waals surface area contributed by atoms with E-state index in [2.05, 4.69) is 12.1 Å². The molecular formula is C30H23F3N2O3. The van der Waals surface area contributed by atoms with Crippen LogP contribution < -0.4 is 0 Å². The third-order valence-electron chi connectivity index (χ3n) is 7.56. The van der Waals surface area contributed by atoms with E-state index >= 15 is 0 Å². The number of fused-ring (bicyclic) bond motifs is 5. The van der Waals surface area contributed by atoms with E-state index in [1.54, 1.807) is 11.0 Å². The van der Waals surface area contributed by atoms with E-state index in [0.717, 1.165) is 34.4 Å². The molecule has 38 heavy (non-hydrogen) atoms. The summed E-state index contributed by atoms with van der Waals surface area (Å²) in [7, 11) is 0. The molecule has 1 amide bonds. The van der Waals surface area contributed by atoms with E-state index in [4.69, 9.17) is 9.47 Å². The van der Waals surface area contributed by atoms with Crippen LogP contribution in [-0.2, 0) is 15.7 Å². The molecule has 2 aliphatic heterocycles. The van der Waals surface area contributed by atoms with Gasteiger partial charge in [-0.1, -0.05) is 54.6 Å². The molecule has 0 N–H and O–H groups in total. The minimum Gasteiger partial charge on any atom is -0.448 e. The Bertz CT molecular complexity index is 1450. The summed E-state index contributed by atoms with van der Waals surface area (Å²) in [5, 5.41) is 9.53. The predicted octanol–water partition coefficient (Wildman–Crippen LogP) is 6.38. The summed E-state index contributed by atoms with van der Waals surface area (Å²) in [6, 6.07) is 20.4. The Balaban J connectivity index is 1.25. The zero-order valence-corrected chi connectivity index (χ0v) is 20.2. The van der Waals surface area contributed by atoms with E-state index < -0.39 is 29.9 Å². The van der Waals surface area contributed by atoms with Crippen LogP contribution in [0.15, 0.2) is 72.8 Å². The summed E-state index contributed by atoms with van der Waals surface area (Å²) >= 11 is 0. The SMILES string of the molecule is N#Cc1ccc(C(F)(F)F)cc1C1=CC2COCC(C1)N2C(=O)OCC1c2ccccc2-c2ccccc21. The van der Waals surface area contributed by atoms with Gasteiger partial charge in [-0.05, 0) is 58.0 Å². The maximum Gasteiger partial charge on any atom is 0.416 e. The number of carbonyl (C=O) groups excluding carboxylic acids is 1. The fraction of sp³-hybridized carbons (Fsp3) is 0.267. The van der Waals surface area contributed by atoms with E-state index in [1.807, 2.05) is 42.5 Å². The lowest BCUT2D eigenvalue weighted by atomic mass is 9.87. The summed E-state index contributed by atoms with van der Waals surface area (Å²) in [5.41, 5.74) is 4.69. The molecule has 3 aliphatic rings. The lowest BCUT2D eigenvalue weighted by Crippen LogP contribution is -2.56. The van der Waals surface area contributed by atoms with Crippen LogP contribution in [0.5, 0.6) is 0 Å². The molecule has 6 rings (SSSR count). The molecule has 3 aromatic rings. The summed E-state index contributed by atoms with van der Waals surface area (Å²) < 4.78 is 51.7. The standard InChI is InChI=1S/C30H23F3N2O3/c31-30(32,33)20-10-9-18(14-34)27(13-20)19-11-21-15-37-16-22(12-19)35(21)29(36)38-17-28-25-7-3-1-5-23(25)24-6-2-4-8-26(24)28/h1-11,13,21-22,28H,12,15-17H2. The van der Waals surface area contributed by atoms with Gasteiger partial charge in [0.05, 0.1) is 42.5 Å². The lowest BCUT2D eigenvalue weighted by Gasteiger charge is -2.44. The molecule has 2 heterocycles. The number of halogens is 3. The molecule has 5 nitrogen and oxygen atoms in total. The topological polar surface area (TPSA) is 62.6 Å². The van der Waals surface area contributed by atoms with Crippen molar-refractivity contribution in [3.63, 3.8) is 0 Å². The summed E-state index contributed by atoms with van der Waals surface area (Å²) in [5.74, 6) is -0.0818. The number of carbonyl (C=O) groups is 1. The molecule has 2 unspecified atom stereocenters. The van der Waals surface area contributed by atoms with E-state index in [9.17, 15) is 23.2 Å². The number of alkyl halides is 3. The summed E-state index contributed by atoms with van der Waals surface area (Å²) in [6.07, 6.45) is -3.01. The smallest absolute Gasteiger partial charge is 0.416 e. The van der Waals surface area contributed by atoms with Gasteiger partial charge < -0.3 is 9.47 Å². The highest BCUT2D eigenvalue weighted by molar-refractivity contribution is 5.80. The first-order chi connectivity index (χ1) is 18.3. The average molecular weight is 517 g/mol. The molecule has 0 spiro atoms. The van der Waals surface area contributed by atoms with Crippen LogP contribution >= 0.6 is 0 Å². The van der Waals surface area contributed by atoms with Crippen molar-refractivity contribution < 1.29 is 27.4 Å². The normalized spacial score (nSPS) is 20.3. The summed E-state index contributed by atoms with van der Waals surface area (Å²) in [4.78, 5) is 15.0. The Labute approximate surface area is 217 Å². The number of amides is 1.